The van der Waals surface area contributed by atoms with E-state index in [0.717, 1.165) is 24.8 Å². The van der Waals surface area contributed by atoms with Crippen LogP contribution in [-0.2, 0) is 0 Å². The first-order chi connectivity index (χ1) is 12.7. The van der Waals surface area contributed by atoms with E-state index in [9.17, 15) is 4.79 Å². The number of nitrogens with one attached hydrogen (secondary N) is 1. The molecule has 134 valence electrons. The fourth-order valence-corrected chi connectivity index (χ4v) is 3.38. The van der Waals surface area contributed by atoms with Crippen LogP contribution in [0.15, 0.2) is 85.0 Å². The number of para-hydroxylation sites is 1. The monoisotopic (exact) mass is 347 g/mol. The smallest absolute Gasteiger partial charge is 0.410 e. The molecular formula is C23H25NO2. The highest BCUT2D eigenvalue weighted by molar-refractivity contribution is 5.71. The Hall–Kier alpha value is -2.81. The van der Waals surface area contributed by atoms with Crippen molar-refractivity contribution in [2.24, 2.45) is 5.41 Å². The number of rotatable bonds is 6. The molecule has 1 N–H and O–H groups in total. The van der Waals surface area contributed by atoms with Gasteiger partial charge in [-0.25, -0.2) is 4.79 Å². The van der Waals surface area contributed by atoms with E-state index in [2.05, 4.69) is 48.7 Å². The molecule has 2 unspecified atom stereocenters. The van der Waals surface area contributed by atoms with Gasteiger partial charge in [-0.1, -0.05) is 79.8 Å². The minimum atomic E-state index is -0.424. The molecule has 3 heteroatoms. The zero-order chi connectivity index (χ0) is 18.2. The predicted octanol–water partition coefficient (Wildman–Crippen LogP) is 5.82. The maximum atomic E-state index is 12.5. The standard InChI is InChI=1S/C23H25NO2/c1-2-23(16-10-5-11-17-23)18-21(19-12-6-3-7-13-19)24-22(25)26-20-14-8-4-9-15-20/h3-16,21H,2,17-18H2,1H3,(H,24,25). The predicted molar refractivity (Wildman–Crippen MR) is 105 cm³/mol. The van der Waals surface area contributed by atoms with E-state index in [1.807, 2.05) is 36.4 Å². The Morgan fingerprint density at radius 1 is 1.08 bits per heavy atom. The molecule has 0 saturated heterocycles. The Labute approximate surface area is 155 Å². The summed E-state index contributed by atoms with van der Waals surface area (Å²) < 4.78 is 5.44. The van der Waals surface area contributed by atoms with E-state index >= 15 is 0 Å². The lowest BCUT2D eigenvalue weighted by Gasteiger charge is -2.34. The van der Waals surface area contributed by atoms with Gasteiger partial charge < -0.3 is 10.1 Å². The molecule has 0 aromatic heterocycles. The summed E-state index contributed by atoms with van der Waals surface area (Å²) in [5.74, 6) is 0.544. The highest BCUT2D eigenvalue weighted by Crippen LogP contribution is 2.40. The second-order valence-electron chi connectivity index (χ2n) is 6.72. The SMILES string of the molecule is CCC1(CC(NC(=O)Oc2ccccc2)c2ccccc2)C=CC=CC1. The van der Waals surface area contributed by atoms with Crippen molar-refractivity contribution in [1.82, 2.24) is 5.32 Å². The number of benzene rings is 2. The molecule has 3 nitrogen and oxygen atoms in total. The summed E-state index contributed by atoms with van der Waals surface area (Å²) in [6.07, 6.45) is 11.1. The normalized spacial score (nSPS) is 19.7. The molecule has 3 rings (SSSR count). The number of hydrogen-bond donors (Lipinski definition) is 1. The van der Waals surface area contributed by atoms with E-state index in [0.29, 0.717) is 5.75 Å². The molecule has 0 spiro atoms. The zero-order valence-corrected chi connectivity index (χ0v) is 15.1. The van der Waals surface area contributed by atoms with Crippen LogP contribution in [0.3, 0.4) is 0 Å². The summed E-state index contributed by atoms with van der Waals surface area (Å²) >= 11 is 0. The second kappa shape index (κ2) is 8.52. The van der Waals surface area contributed by atoms with Crippen molar-refractivity contribution in [3.8, 4) is 5.75 Å². The van der Waals surface area contributed by atoms with Crippen molar-refractivity contribution in [1.29, 1.82) is 0 Å². The van der Waals surface area contributed by atoms with Crippen molar-refractivity contribution in [3.05, 3.63) is 90.5 Å². The summed E-state index contributed by atoms with van der Waals surface area (Å²) in [4.78, 5) is 12.5. The summed E-state index contributed by atoms with van der Waals surface area (Å²) in [6, 6.07) is 19.1. The van der Waals surface area contributed by atoms with E-state index in [1.54, 1.807) is 12.1 Å². The summed E-state index contributed by atoms with van der Waals surface area (Å²) in [5, 5.41) is 3.07. The molecule has 2 aromatic rings. The van der Waals surface area contributed by atoms with Crippen LogP contribution in [0.1, 0.15) is 37.8 Å². The fraction of sp³-hybridized carbons (Fsp3) is 0.261. The molecule has 2 aromatic carbocycles. The molecule has 1 aliphatic rings. The van der Waals surface area contributed by atoms with E-state index in [1.165, 1.54) is 0 Å². The van der Waals surface area contributed by atoms with E-state index in [-0.39, 0.29) is 11.5 Å². The quantitative estimate of drug-likeness (QED) is 0.715. The molecule has 0 radical (unpaired) electrons. The Bertz CT molecular complexity index is 767. The topological polar surface area (TPSA) is 38.3 Å². The van der Waals surface area contributed by atoms with Gasteiger partial charge in [-0.2, -0.15) is 0 Å². The average Bonchev–Trinajstić information content (AvgIpc) is 2.69. The first-order valence-electron chi connectivity index (χ1n) is 9.13. The van der Waals surface area contributed by atoms with Gasteiger partial charge in [0.2, 0.25) is 0 Å². The Kier molecular flexibility index (Phi) is 5.90. The number of amides is 1. The van der Waals surface area contributed by atoms with E-state index < -0.39 is 6.09 Å². The van der Waals surface area contributed by atoms with Gasteiger partial charge in [0.25, 0.3) is 0 Å². The number of ether oxygens (including phenoxy) is 1. The lowest BCUT2D eigenvalue weighted by Crippen LogP contribution is -2.35. The second-order valence-corrected chi connectivity index (χ2v) is 6.72. The molecule has 0 fully saturated rings. The van der Waals surface area contributed by atoms with Gasteiger partial charge in [0, 0.05) is 0 Å². The third-order valence-electron chi connectivity index (χ3n) is 4.98. The maximum Gasteiger partial charge on any atom is 0.413 e. The van der Waals surface area contributed by atoms with Crippen LogP contribution in [0.25, 0.3) is 0 Å². The number of hydrogen-bond acceptors (Lipinski definition) is 2. The van der Waals surface area contributed by atoms with Gasteiger partial charge in [0.05, 0.1) is 6.04 Å². The summed E-state index contributed by atoms with van der Waals surface area (Å²) in [5.41, 5.74) is 1.14. The number of allylic oxidation sites excluding steroid dienone is 4. The lowest BCUT2D eigenvalue weighted by atomic mass is 9.73. The van der Waals surface area contributed by atoms with Crippen molar-refractivity contribution >= 4 is 6.09 Å². The molecule has 1 aliphatic carbocycles. The molecule has 1 amide bonds. The average molecular weight is 347 g/mol. The lowest BCUT2D eigenvalue weighted by molar-refractivity contribution is 0.189. The number of carbonyl (C=O) groups is 1. The van der Waals surface area contributed by atoms with Gasteiger partial charge in [-0.3, -0.25) is 0 Å². The first-order valence-corrected chi connectivity index (χ1v) is 9.13. The Morgan fingerprint density at radius 3 is 2.38 bits per heavy atom. The zero-order valence-electron chi connectivity index (χ0n) is 15.1. The van der Waals surface area contributed by atoms with Gasteiger partial charge in [-0.15, -0.1) is 0 Å². The maximum absolute atomic E-state index is 12.5. The van der Waals surface area contributed by atoms with Crippen LogP contribution in [0.4, 0.5) is 4.79 Å². The first kappa shape index (κ1) is 18.0. The molecule has 0 heterocycles. The molecule has 0 aliphatic heterocycles. The van der Waals surface area contributed by atoms with Gasteiger partial charge in [0.15, 0.2) is 0 Å². The highest BCUT2D eigenvalue weighted by atomic mass is 16.6. The van der Waals surface area contributed by atoms with Gasteiger partial charge in [-0.05, 0) is 42.4 Å². The van der Waals surface area contributed by atoms with Crippen LogP contribution in [0.2, 0.25) is 0 Å². The van der Waals surface area contributed by atoms with Crippen LogP contribution < -0.4 is 10.1 Å². The van der Waals surface area contributed by atoms with Crippen molar-refractivity contribution in [2.75, 3.05) is 0 Å². The largest absolute Gasteiger partial charge is 0.413 e. The van der Waals surface area contributed by atoms with Crippen molar-refractivity contribution in [2.45, 2.75) is 32.2 Å². The highest BCUT2D eigenvalue weighted by Gasteiger charge is 2.30. The van der Waals surface area contributed by atoms with Crippen molar-refractivity contribution < 1.29 is 9.53 Å². The molecule has 2 atom stereocenters. The van der Waals surface area contributed by atoms with Gasteiger partial charge in [0.1, 0.15) is 5.75 Å². The van der Waals surface area contributed by atoms with Crippen LogP contribution >= 0.6 is 0 Å². The third-order valence-corrected chi connectivity index (χ3v) is 4.98. The van der Waals surface area contributed by atoms with Crippen LogP contribution in [-0.4, -0.2) is 6.09 Å². The Balaban J connectivity index is 1.76. The fourth-order valence-electron chi connectivity index (χ4n) is 3.38. The molecule has 0 bridgehead atoms. The summed E-state index contributed by atoms with van der Waals surface area (Å²) in [7, 11) is 0. The van der Waals surface area contributed by atoms with Crippen molar-refractivity contribution in [3.63, 3.8) is 0 Å². The molecule has 26 heavy (non-hydrogen) atoms. The molecular weight excluding hydrogens is 322 g/mol. The van der Waals surface area contributed by atoms with Gasteiger partial charge >= 0.3 is 6.09 Å². The summed E-state index contributed by atoms with van der Waals surface area (Å²) in [6.45, 7) is 2.20. The molecule has 0 saturated carbocycles. The number of carbonyl (C=O) groups excluding carboxylic acids is 1. The minimum absolute atomic E-state index is 0.0509. The van der Waals surface area contributed by atoms with Crippen LogP contribution in [0, 0.1) is 5.41 Å². The van der Waals surface area contributed by atoms with E-state index in [4.69, 9.17) is 4.74 Å². The minimum Gasteiger partial charge on any atom is -0.410 e. The Morgan fingerprint density at radius 2 is 1.77 bits per heavy atom. The third kappa shape index (κ3) is 4.63. The van der Waals surface area contributed by atoms with Crippen LogP contribution in [0.5, 0.6) is 5.75 Å².